The van der Waals surface area contributed by atoms with Crippen LogP contribution in [0.2, 0.25) is 5.02 Å². The summed E-state index contributed by atoms with van der Waals surface area (Å²) in [5.74, 6) is -0.229. The number of hydrogen-bond donors (Lipinski definition) is 1. The van der Waals surface area contributed by atoms with Gasteiger partial charge in [0, 0.05) is 43.1 Å². The van der Waals surface area contributed by atoms with Gasteiger partial charge >= 0.3 is 0 Å². The highest BCUT2D eigenvalue weighted by Gasteiger charge is 2.50. The number of carbonyl (C=O) groups is 1. The molecule has 138 valence electrons. The first kappa shape index (κ1) is 18.5. The van der Waals surface area contributed by atoms with Gasteiger partial charge in [-0.1, -0.05) is 11.6 Å². The number of piperidine rings is 1. The summed E-state index contributed by atoms with van der Waals surface area (Å²) in [4.78, 5) is 17.0. The summed E-state index contributed by atoms with van der Waals surface area (Å²) in [6.45, 7) is 3.56. The molecule has 0 radical (unpaired) electrons. The maximum atomic E-state index is 13.1. The van der Waals surface area contributed by atoms with E-state index in [0.717, 1.165) is 5.69 Å². The molecule has 8 heteroatoms. The van der Waals surface area contributed by atoms with Crippen molar-refractivity contribution in [2.75, 3.05) is 50.4 Å². The Balaban J connectivity index is 1.71. The Kier molecular flexibility index (Phi) is 5.27. The highest BCUT2D eigenvalue weighted by molar-refractivity contribution is 7.92. The van der Waals surface area contributed by atoms with Gasteiger partial charge in [-0.05, 0) is 50.2 Å². The number of benzene rings is 1. The van der Waals surface area contributed by atoms with E-state index in [1.165, 1.54) is 6.26 Å². The molecule has 1 amide bonds. The molecular weight excluding hydrogens is 362 g/mol. The minimum Gasteiger partial charge on any atom is -0.368 e. The summed E-state index contributed by atoms with van der Waals surface area (Å²) in [5.41, 5.74) is 1.07. The number of hydrogen-bond acceptors (Lipinski definition) is 5. The highest BCUT2D eigenvalue weighted by Crippen LogP contribution is 2.31. The third-order valence-corrected chi connectivity index (χ3v) is 7.52. The van der Waals surface area contributed by atoms with Crippen LogP contribution in [0.4, 0.5) is 5.69 Å². The number of halogens is 1. The number of nitrogens with zero attached hydrogens (tertiary/aromatic N) is 2. The molecule has 25 heavy (non-hydrogen) atoms. The smallest absolute Gasteiger partial charge is 0.244 e. The second kappa shape index (κ2) is 7.13. The zero-order valence-corrected chi connectivity index (χ0v) is 15.9. The van der Waals surface area contributed by atoms with Crippen molar-refractivity contribution < 1.29 is 13.2 Å². The van der Waals surface area contributed by atoms with E-state index in [1.54, 1.807) is 4.90 Å². The van der Waals surface area contributed by atoms with E-state index in [0.29, 0.717) is 57.1 Å². The number of carbonyl (C=O) groups excluding carboxylic acids is 1. The molecule has 0 aromatic heterocycles. The van der Waals surface area contributed by atoms with Crippen molar-refractivity contribution in [2.45, 2.75) is 17.6 Å². The first-order valence-corrected chi connectivity index (χ1v) is 10.8. The maximum absolute atomic E-state index is 13.1. The summed E-state index contributed by atoms with van der Waals surface area (Å²) < 4.78 is 23.6. The van der Waals surface area contributed by atoms with Crippen LogP contribution in [-0.4, -0.2) is 69.5 Å². The topological polar surface area (TPSA) is 69.7 Å². The molecule has 0 aliphatic carbocycles. The lowest BCUT2D eigenvalue weighted by atomic mass is 9.94. The fraction of sp³-hybridized carbons (Fsp3) is 0.588. The van der Waals surface area contributed by atoms with Crippen LogP contribution >= 0.6 is 11.6 Å². The third kappa shape index (κ3) is 3.64. The van der Waals surface area contributed by atoms with Gasteiger partial charge in [-0.2, -0.15) is 0 Å². The molecule has 0 atom stereocenters. The van der Waals surface area contributed by atoms with Crippen LogP contribution in [0.25, 0.3) is 0 Å². The number of sulfone groups is 1. The summed E-state index contributed by atoms with van der Waals surface area (Å²) in [6, 6.07) is 7.62. The lowest BCUT2D eigenvalue weighted by Gasteiger charge is -2.42. The van der Waals surface area contributed by atoms with E-state index in [4.69, 9.17) is 11.6 Å². The van der Waals surface area contributed by atoms with Crippen LogP contribution in [0, 0.1) is 0 Å². The van der Waals surface area contributed by atoms with E-state index < -0.39 is 14.6 Å². The molecule has 1 N–H and O–H groups in total. The van der Waals surface area contributed by atoms with Gasteiger partial charge in [0.15, 0.2) is 14.6 Å². The molecule has 2 fully saturated rings. The number of rotatable bonds is 3. The van der Waals surface area contributed by atoms with E-state index >= 15 is 0 Å². The van der Waals surface area contributed by atoms with Crippen molar-refractivity contribution in [2.24, 2.45) is 0 Å². The Morgan fingerprint density at radius 2 is 1.64 bits per heavy atom. The average Bonchev–Trinajstić information content (AvgIpc) is 2.61. The molecule has 2 aliphatic rings. The monoisotopic (exact) mass is 385 g/mol. The standard InChI is InChI=1S/C17H24ClN3O3S/c1-25(23,24)17(6-8-19-9-7-17)16(22)21-12-10-20(11-13-21)15-4-2-14(18)3-5-15/h2-5,19H,6-13H2,1H3. The Hall–Kier alpha value is -1.31. The zero-order valence-electron chi connectivity index (χ0n) is 14.4. The molecule has 3 rings (SSSR count). The molecule has 0 saturated carbocycles. The maximum Gasteiger partial charge on any atom is 0.244 e. The lowest BCUT2D eigenvalue weighted by Crippen LogP contribution is -2.61. The van der Waals surface area contributed by atoms with E-state index in [1.807, 2.05) is 24.3 Å². The van der Waals surface area contributed by atoms with Gasteiger partial charge in [0.1, 0.15) is 0 Å². The fourth-order valence-electron chi connectivity index (χ4n) is 3.68. The van der Waals surface area contributed by atoms with Crippen LogP contribution in [-0.2, 0) is 14.6 Å². The number of amides is 1. The van der Waals surface area contributed by atoms with E-state index in [-0.39, 0.29) is 5.91 Å². The first-order chi connectivity index (χ1) is 11.8. The Morgan fingerprint density at radius 3 is 2.16 bits per heavy atom. The molecular formula is C17H24ClN3O3S. The van der Waals surface area contributed by atoms with Crippen LogP contribution in [0.15, 0.2) is 24.3 Å². The molecule has 0 bridgehead atoms. The minimum absolute atomic E-state index is 0.229. The summed E-state index contributed by atoms with van der Waals surface area (Å²) in [6.07, 6.45) is 1.89. The van der Waals surface area contributed by atoms with Crippen molar-refractivity contribution in [1.29, 1.82) is 0 Å². The predicted octanol–water partition coefficient (Wildman–Crippen LogP) is 1.16. The van der Waals surface area contributed by atoms with Gasteiger partial charge in [0.05, 0.1) is 0 Å². The normalized spacial score (nSPS) is 21.2. The zero-order chi connectivity index (χ0) is 18.1. The van der Waals surface area contributed by atoms with Gasteiger partial charge in [0.2, 0.25) is 5.91 Å². The van der Waals surface area contributed by atoms with Crippen molar-refractivity contribution in [3.8, 4) is 0 Å². The second-order valence-electron chi connectivity index (χ2n) is 6.77. The Morgan fingerprint density at radius 1 is 1.08 bits per heavy atom. The van der Waals surface area contributed by atoms with Gasteiger partial charge in [0.25, 0.3) is 0 Å². The molecule has 1 aromatic rings. The fourth-order valence-corrected chi connectivity index (χ4v) is 5.20. The molecule has 2 saturated heterocycles. The van der Waals surface area contributed by atoms with Gasteiger partial charge in [-0.25, -0.2) is 8.42 Å². The first-order valence-electron chi connectivity index (χ1n) is 8.54. The molecule has 2 heterocycles. The van der Waals surface area contributed by atoms with Crippen molar-refractivity contribution in [3.05, 3.63) is 29.3 Å². The molecule has 1 aromatic carbocycles. The van der Waals surface area contributed by atoms with Gasteiger partial charge in [-0.3, -0.25) is 4.79 Å². The van der Waals surface area contributed by atoms with Crippen LogP contribution in [0.1, 0.15) is 12.8 Å². The molecule has 2 aliphatic heterocycles. The highest BCUT2D eigenvalue weighted by atomic mass is 35.5. The van der Waals surface area contributed by atoms with Gasteiger partial charge < -0.3 is 15.1 Å². The minimum atomic E-state index is -3.47. The second-order valence-corrected chi connectivity index (χ2v) is 9.53. The van der Waals surface area contributed by atoms with Crippen LogP contribution in [0.5, 0.6) is 0 Å². The van der Waals surface area contributed by atoms with E-state index in [9.17, 15) is 13.2 Å². The summed E-state index contributed by atoms with van der Waals surface area (Å²) in [7, 11) is -3.47. The van der Waals surface area contributed by atoms with Crippen molar-refractivity contribution >= 4 is 33.0 Å². The quantitative estimate of drug-likeness (QED) is 0.845. The molecule has 0 unspecified atom stereocenters. The molecule has 0 spiro atoms. The predicted molar refractivity (Wildman–Crippen MR) is 99.9 cm³/mol. The average molecular weight is 386 g/mol. The number of nitrogens with one attached hydrogen (secondary N) is 1. The van der Waals surface area contributed by atoms with Gasteiger partial charge in [-0.15, -0.1) is 0 Å². The Labute approximate surface area is 154 Å². The lowest BCUT2D eigenvalue weighted by molar-refractivity contribution is -0.135. The van der Waals surface area contributed by atoms with Crippen molar-refractivity contribution in [1.82, 2.24) is 10.2 Å². The largest absolute Gasteiger partial charge is 0.368 e. The van der Waals surface area contributed by atoms with Crippen LogP contribution < -0.4 is 10.2 Å². The van der Waals surface area contributed by atoms with E-state index in [2.05, 4.69) is 10.2 Å². The molecule has 6 nitrogen and oxygen atoms in total. The SMILES string of the molecule is CS(=O)(=O)C1(C(=O)N2CCN(c3ccc(Cl)cc3)CC2)CCNCC1. The number of anilines is 1. The Bertz CT molecular complexity index is 722. The summed E-state index contributed by atoms with van der Waals surface area (Å²) >= 11 is 5.93. The number of piperazine rings is 1. The van der Waals surface area contributed by atoms with Crippen LogP contribution in [0.3, 0.4) is 0 Å². The third-order valence-electron chi connectivity index (χ3n) is 5.27. The van der Waals surface area contributed by atoms with Crippen molar-refractivity contribution in [3.63, 3.8) is 0 Å². The summed E-state index contributed by atoms with van der Waals surface area (Å²) in [5, 5.41) is 3.84.